The number of carbonyl (C=O) groups excluding carboxylic acids is 1. The van der Waals surface area contributed by atoms with Gasteiger partial charge in [-0.15, -0.1) is 0 Å². The van der Waals surface area contributed by atoms with E-state index in [1.165, 1.54) is 23.7 Å². The molecule has 176 valence electrons. The number of carbonyl (C=O) groups is 1. The summed E-state index contributed by atoms with van der Waals surface area (Å²) in [7, 11) is 0. The van der Waals surface area contributed by atoms with Crippen molar-refractivity contribution in [3.8, 4) is 11.3 Å². The molecule has 2 aliphatic rings. The Morgan fingerprint density at radius 3 is 2.59 bits per heavy atom. The van der Waals surface area contributed by atoms with Crippen LogP contribution in [0.2, 0.25) is 5.02 Å². The highest BCUT2D eigenvalue weighted by Gasteiger charge is 2.43. The summed E-state index contributed by atoms with van der Waals surface area (Å²) in [6.45, 7) is 2.50. The molecule has 5 rings (SSSR count). The van der Waals surface area contributed by atoms with E-state index in [-0.39, 0.29) is 22.6 Å². The van der Waals surface area contributed by atoms with Gasteiger partial charge in [0.05, 0.1) is 17.0 Å². The van der Waals surface area contributed by atoms with Crippen molar-refractivity contribution >= 4 is 35.0 Å². The third kappa shape index (κ3) is 4.29. The molecule has 1 amide bonds. The van der Waals surface area contributed by atoms with Gasteiger partial charge in [-0.3, -0.25) is 14.2 Å². The maximum atomic E-state index is 13.9. The number of hydrogen-bond donors (Lipinski definition) is 1. The predicted molar refractivity (Wildman–Crippen MR) is 139 cm³/mol. The second-order valence-corrected chi connectivity index (χ2v) is 10.6. The lowest BCUT2D eigenvalue weighted by molar-refractivity contribution is -0.113. The van der Waals surface area contributed by atoms with E-state index >= 15 is 0 Å². The van der Waals surface area contributed by atoms with Crippen molar-refractivity contribution in [2.24, 2.45) is 0 Å². The van der Waals surface area contributed by atoms with Crippen molar-refractivity contribution < 1.29 is 4.79 Å². The van der Waals surface area contributed by atoms with Crippen molar-refractivity contribution in [3.05, 3.63) is 75.0 Å². The van der Waals surface area contributed by atoms with Crippen molar-refractivity contribution in [2.75, 3.05) is 11.1 Å². The average molecular weight is 494 g/mol. The molecule has 1 aromatic heterocycles. The molecule has 1 saturated carbocycles. The van der Waals surface area contributed by atoms with Gasteiger partial charge in [0.15, 0.2) is 5.16 Å². The zero-order valence-corrected chi connectivity index (χ0v) is 20.8. The molecule has 0 bridgehead atoms. The molecule has 0 aliphatic heterocycles. The maximum absolute atomic E-state index is 13.9. The van der Waals surface area contributed by atoms with Crippen LogP contribution >= 0.6 is 23.4 Å². The van der Waals surface area contributed by atoms with Gasteiger partial charge in [0.25, 0.3) is 5.56 Å². The number of nitrogens with one attached hydrogen (secondary N) is 1. The lowest BCUT2D eigenvalue weighted by Crippen LogP contribution is -2.43. The summed E-state index contributed by atoms with van der Waals surface area (Å²) >= 11 is 7.24. The SMILES string of the molecule is CCn1c(SCC(=O)Nc2ccc(Cl)cc2)nc2c(c1=O)C1(CCCCC1)Cc1ccccc1-2. The monoisotopic (exact) mass is 493 g/mol. The summed E-state index contributed by atoms with van der Waals surface area (Å²) in [5, 5.41) is 4.10. The van der Waals surface area contributed by atoms with E-state index in [9.17, 15) is 9.59 Å². The molecule has 5 nitrogen and oxygen atoms in total. The molecule has 34 heavy (non-hydrogen) atoms. The van der Waals surface area contributed by atoms with Crippen LogP contribution in [0.1, 0.15) is 50.2 Å². The summed E-state index contributed by atoms with van der Waals surface area (Å²) in [4.78, 5) is 31.6. The standard InChI is InChI=1S/C27H28ClN3O2S/c1-2-31-25(33)23-24(21-9-5-4-8-18(21)16-27(23)14-6-3-7-15-27)30-26(31)34-17-22(32)29-20-12-10-19(28)11-13-20/h4-5,8-13H,2-3,6-7,14-17H2,1H3,(H,29,32). The van der Waals surface area contributed by atoms with Crippen LogP contribution < -0.4 is 10.9 Å². The van der Waals surface area contributed by atoms with Crippen LogP contribution in [-0.2, 0) is 23.2 Å². The van der Waals surface area contributed by atoms with Crippen LogP contribution in [0.3, 0.4) is 0 Å². The lowest BCUT2D eigenvalue weighted by atomic mass is 9.62. The summed E-state index contributed by atoms with van der Waals surface area (Å²) in [5.74, 6) is 0.0202. The molecule has 2 aliphatic carbocycles. The Hall–Kier alpha value is -2.57. The summed E-state index contributed by atoms with van der Waals surface area (Å²) < 4.78 is 1.75. The van der Waals surface area contributed by atoms with E-state index in [2.05, 4.69) is 23.5 Å². The molecule has 3 aromatic rings. The van der Waals surface area contributed by atoms with Gasteiger partial charge in [-0.2, -0.15) is 0 Å². The van der Waals surface area contributed by atoms with Crippen LogP contribution in [0.5, 0.6) is 0 Å². The van der Waals surface area contributed by atoms with Crippen molar-refractivity contribution in [1.82, 2.24) is 9.55 Å². The van der Waals surface area contributed by atoms with E-state index in [0.717, 1.165) is 48.9 Å². The van der Waals surface area contributed by atoms with Gasteiger partial charge < -0.3 is 5.32 Å². The molecular formula is C27H28ClN3O2S. The normalized spacial score (nSPS) is 16.1. The van der Waals surface area contributed by atoms with Gasteiger partial charge in [-0.25, -0.2) is 4.98 Å². The molecule has 1 heterocycles. The number of aromatic nitrogens is 2. The molecule has 1 fully saturated rings. The van der Waals surface area contributed by atoms with Crippen LogP contribution in [0.25, 0.3) is 11.3 Å². The molecule has 0 unspecified atom stereocenters. The Morgan fingerprint density at radius 1 is 1.12 bits per heavy atom. The average Bonchev–Trinajstić information content (AvgIpc) is 2.84. The van der Waals surface area contributed by atoms with E-state index in [4.69, 9.17) is 16.6 Å². The Labute approximate surface area is 208 Å². The molecule has 1 spiro atoms. The van der Waals surface area contributed by atoms with Crippen molar-refractivity contribution in [2.45, 2.75) is 62.6 Å². The number of benzene rings is 2. The number of nitrogens with zero attached hydrogens (tertiary/aromatic N) is 2. The quantitative estimate of drug-likeness (QED) is 0.346. The molecule has 0 atom stereocenters. The minimum absolute atomic E-state index is 0.0597. The van der Waals surface area contributed by atoms with Gasteiger partial charge in [0.1, 0.15) is 0 Å². The van der Waals surface area contributed by atoms with Crippen LogP contribution in [0, 0.1) is 0 Å². The fraction of sp³-hybridized carbons (Fsp3) is 0.370. The van der Waals surface area contributed by atoms with E-state index in [1.807, 2.05) is 13.0 Å². The Bertz CT molecular complexity index is 1280. The summed E-state index contributed by atoms with van der Waals surface area (Å²) in [6, 6.07) is 15.4. The fourth-order valence-corrected chi connectivity index (χ4v) is 6.45. The lowest BCUT2D eigenvalue weighted by Gasteiger charge is -2.42. The zero-order chi connectivity index (χ0) is 23.7. The topological polar surface area (TPSA) is 64.0 Å². The molecule has 0 radical (unpaired) electrons. The third-order valence-electron chi connectivity index (χ3n) is 7.05. The molecular weight excluding hydrogens is 466 g/mol. The first-order valence-electron chi connectivity index (χ1n) is 11.9. The number of thioether (sulfide) groups is 1. The smallest absolute Gasteiger partial charge is 0.258 e. The molecule has 7 heteroatoms. The highest BCUT2D eigenvalue weighted by molar-refractivity contribution is 7.99. The van der Waals surface area contributed by atoms with Crippen molar-refractivity contribution in [1.29, 1.82) is 0 Å². The van der Waals surface area contributed by atoms with Gasteiger partial charge in [0, 0.05) is 28.2 Å². The number of halogens is 1. The van der Waals surface area contributed by atoms with E-state index < -0.39 is 0 Å². The Morgan fingerprint density at radius 2 is 1.85 bits per heavy atom. The van der Waals surface area contributed by atoms with E-state index in [1.54, 1.807) is 28.8 Å². The van der Waals surface area contributed by atoms with Crippen molar-refractivity contribution in [3.63, 3.8) is 0 Å². The molecule has 0 saturated heterocycles. The highest BCUT2D eigenvalue weighted by Crippen LogP contribution is 2.48. The fourth-order valence-electron chi connectivity index (χ4n) is 5.47. The third-order valence-corrected chi connectivity index (χ3v) is 8.28. The number of anilines is 1. The minimum Gasteiger partial charge on any atom is -0.325 e. The first-order valence-corrected chi connectivity index (χ1v) is 13.3. The molecule has 2 aromatic carbocycles. The highest BCUT2D eigenvalue weighted by atomic mass is 35.5. The van der Waals surface area contributed by atoms with Crippen LogP contribution in [-0.4, -0.2) is 21.2 Å². The van der Waals surface area contributed by atoms with Crippen LogP contribution in [0.4, 0.5) is 5.69 Å². The number of amides is 1. The Kier molecular flexibility index (Phi) is 6.54. The summed E-state index contributed by atoms with van der Waals surface area (Å²) in [5.41, 5.74) is 4.66. The van der Waals surface area contributed by atoms with Crippen LogP contribution in [0.15, 0.2) is 58.5 Å². The van der Waals surface area contributed by atoms with Gasteiger partial charge in [0.2, 0.25) is 5.91 Å². The van der Waals surface area contributed by atoms with Gasteiger partial charge in [-0.1, -0.05) is 66.9 Å². The number of rotatable bonds is 5. The summed E-state index contributed by atoms with van der Waals surface area (Å²) in [6.07, 6.45) is 6.50. The molecule has 1 N–H and O–H groups in total. The number of fused-ring (bicyclic) bond motifs is 4. The van der Waals surface area contributed by atoms with Gasteiger partial charge >= 0.3 is 0 Å². The largest absolute Gasteiger partial charge is 0.325 e. The van der Waals surface area contributed by atoms with E-state index in [0.29, 0.717) is 22.4 Å². The van der Waals surface area contributed by atoms with Gasteiger partial charge in [-0.05, 0) is 56.0 Å². The first kappa shape index (κ1) is 23.2. The second-order valence-electron chi connectivity index (χ2n) is 9.19. The minimum atomic E-state index is -0.147. The maximum Gasteiger partial charge on any atom is 0.258 e. The first-order chi connectivity index (χ1) is 16.5. The Balaban J connectivity index is 1.50. The second kappa shape index (κ2) is 9.59. The number of hydrogen-bond acceptors (Lipinski definition) is 4. The predicted octanol–water partition coefficient (Wildman–Crippen LogP) is 6.07. The zero-order valence-electron chi connectivity index (χ0n) is 19.3.